The molecule has 4 heteroatoms. The number of carbonyl (C=O) groups excluding carboxylic acids is 1. The van der Waals surface area contributed by atoms with Crippen molar-refractivity contribution < 1.29 is 9.53 Å². The van der Waals surface area contributed by atoms with Crippen LogP contribution in [-0.2, 0) is 16.0 Å². The van der Waals surface area contributed by atoms with Gasteiger partial charge in [0.25, 0.3) is 0 Å². The molecule has 0 amide bonds. The second-order valence-corrected chi connectivity index (χ2v) is 3.04. The summed E-state index contributed by atoms with van der Waals surface area (Å²) in [4.78, 5) is 15.2. The fourth-order valence-electron chi connectivity index (χ4n) is 1.25. The van der Waals surface area contributed by atoms with Crippen molar-refractivity contribution in [2.75, 3.05) is 6.61 Å². The molecule has 0 bridgehead atoms. The van der Waals surface area contributed by atoms with Gasteiger partial charge in [0, 0.05) is 6.20 Å². The number of esters is 1. The Morgan fingerprint density at radius 2 is 2.40 bits per heavy atom. The lowest BCUT2D eigenvalue weighted by Crippen LogP contribution is -2.10. The minimum absolute atomic E-state index is 0.0540. The second kappa shape index (κ2) is 5.11. The normalized spacial score (nSPS) is 9.40. The molecule has 15 heavy (non-hydrogen) atoms. The van der Waals surface area contributed by atoms with Crippen molar-refractivity contribution in [3.8, 4) is 6.07 Å². The van der Waals surface area contributed by atoms with Gasteiger partial charge in [-0.25, -0.2) is 0 Å². The quantitative estimate of drug-likeness (QED) is 0.697. The fraction of sp³-hybridized carbons (Fsp3) is 0.364. The Bertz CT molecular complexity index is 408. The maximum atomic E-state index is 11.2. The number of rotatable bonds is 3. The van der Waals surface area contributed by atoms with Crippen LogP contribution in [-0.4, -0.2) is 17.6 Å². The van der Waals surface area contributed by atoms with Crippen molar-refractivity contribution in [3.63, 3.8) is 0 Å². The highest BCUT2D eigenvalue weighted by Gasteiger charge is 2.11. The van der Waals surface area contributed by atoms with Gasteiger partial charge in [-0.2, -0.15) is 5.26 Å². The van der Waals surface area contributed by atoms with E-state index >= 15 is 0 Å². The third kappa shape index (κ3) is 2.78. The van der Waals surface area contributed by atoms with Crippen LogP contribution in [0.25, 0.3) is 0 Å². The summed E-state index contributed by atoms with van der Waals surface area (Å²) in [6, 6.07) is 3.78. The molecule has 4 nitrogen and oxygen atoms in total. The van der Waals surface area contributed by atoms with E-state index in [-0.39, 0.29) is 12.4 Å². The van der Waals surface area contributed by atoms with Gasteiger partial charge < -0.3 is 4.74 Å². The number of nitriles is 1. The Kier molecular flexibility index (Phi) is 3.81. The molecule has 0 radical (unpaired) electrons. The number of nitrogens with zero attached hydrogens (tertiary/aromatic N) is 2. The Morgan fingerprint density at radius 3 is 3.00 bits per heavy atom. The number of aromatic nitrogens is 1. The average Bonchev–Trinajstić information content (AvgIpc) is 2.18. The summed E-state index contributed by atoms with van der Waals surface area (Å²) in [5.74, 6) is -0.355. The Balaban J connectivity index is 2.91. The smallest absolute Gasteiger partial charge is 0.311 e. The molecule has 0 aliphatic carbocycles. The Morgan fingerprint density at radius 1 is 1.67 bits per heavy atom. The van der Waals surface area contributed by atoms with Gasteiger partial charge in [0.1, 0.15) is 6.07 Å². The first-order chi connectivity index (χ1) is 7.19. The fourth-order valence-corrected chi connectivity index (χ4v) is 1.25. The van der Waals surface area contributed by atoms with Crippen LogP contribution in [0.3, 0.4) is 0 Å². The zero-order valence-corrected chi connectivity index (χ0v) is 8.78. The minimum Gasteiger partial charge on any atom is -0.466 e. The predicted octanol–water partition coefficient (Wildman–Crippen LogP) is 1.37. The van der Waals surface area contributed by atoms with E-state index in [1.165, 1.54) is 0 Å². The molecule has 0 aromatic carbocycles. The minimum atomic E-state index is -0.355. The van der Waals surface area contributed by atoms with Crippen molar-refractivity contribution in [1.82, 2.24) is 4.98 Å². The summed E-state index contributed by atoms with van der Waals surface area (Å²) < 4.78 is 4.80. The molecule has 0 aliphatic rings. The number of hydrogen-bond donors (Lipinski definition) is 0. The summed E-state index contributed by atoms with van der Waals surface area (Å²) in [7, 11) is 0. The van der Waals surface area contributed by atoms with E-state index in [0.717, 1.165) is 5.56 Å². The first kappa shape index (κ1) is 11.2. The highest BCUT2D eigenvalue weighted by molar-refractivity contribution is 5.73. The first-order valence-corrected chi connectivity index (χ1v) is 4.69. The molecule has 0 unspecified atom stereocenters. The van der Waals surface area contributed by atoms with Crippen LogP contribution < -0.4 is 0 Å². The topological polar surface area (TPSA) is 63.0 Å². The number of hydrogen-bond acceptors (Lipinski definition) is 4. The average molecular weight is 204 g/mol. The van der Waals surface area contributed by atoms with E-state index in [4.69, 9.17) is 10.00 Å². The largest absolute Gasteiger partial charge is 0.466 e. The van der Waals surface area contributed by atoms with E-state index < -0.39 is 0 Å². The number of pyridine rings is 1. The molecule has 1 heterocycles. The molecule has 0 atom stereocenters. The Labute approximate surface area is 88.5 Å². The standard InChI is InChI=1S/C11H12N2O2/c1-3-15-11(14)6-10-9(7-12)8(2)4-5-13-10/h4-5H,3,6H2,1-2H3. The van der Waals surface area contributed by atoms with Gasteiger partial charge in [-0.1, -0.05) is 0 Å². The molecule has 1 rings (SSSR count). The molecule has 1 aromatic heterocycles. The molecule has 0 aliphatic heterocycles. The monoisotopic (exact) mass is 204 g/mol. The lowest BCUT2D eigenvalue weighted by Gasteiger charge is -2.04. The predicted molar refractivity (Wildman–Crippen MR) is 54.0 cm³/mol. The second-order valence-electron chi connectivity index (χ2n) is 3.04. The zero-order chi connectivity index (χ0) is 11.3. The third-order valence-corrected chi connectivity index (χ3v) is 1.97. The Hall–Kier alpha value is -1.89. The molecule has 0 spiro atoms. The van der Waals surface area contributed by atoms with Crippen LogP contribution >= 0.6 is 0 Å². The van der Waals surface area contributed by atoms with E-state index in [0.29, 0.717) is 17.9 Å². The maximum absolute atomic E-state index is 11.2. The van der Waals surface area contributed by atoms with Gasteiger partial charge in [0.15, 0.2) is 0 Å². The molecule has 0 saturated heterocycles. The van der Waals surface area contributed by atoms with Gasteiger partial charge in [-0.3, -0.25) is 9.78 Å². The van der Waals surface area contributed by atoms with Gasteiger partial charge in [-0.05, 0) is 25.5 Å². The van der Waals surface area contributed by atoms with E-state index in [1.54, 1.807) is 19.2 Å². The van der Waals surface area contributed by atoms with Crippen LogP contribution in [0.4, 0.5) is 0 Å². The van der Waals surface area contributed by atoms with Crippen LogP contribution in [0.15, 0.2) is 12.3 Å². The molecule has 1 aromatic rings. The zero-order valence-electron chi connectivity index (χ0n) is 8.78. The van der Waals surface area contributed by atoms with Gasteiger partial charge >= 0.3 is 5.97 Å². The highest BCUT2D eigenvalue weighted by atomic mass is 16.5. The third-order valence-electron chi connectivity index (χ3n) is 1.97. The van der Waals surface area contributed by atoms with Crippen molar-refractivity contribution in [2.24, 2.45) is 0 Å². The summed E-state index contributed by atoms with van der Waals surface area (Å²) in [6.07, 6.45) is 1.64. The highest BCUT2D eigenvalue weighted by Crippen LogP contribution is 2.10. The van der Waals surface area contributed by atoms with E-state index in [1.807, 2.05) is 13.0 Å². The van der Waals surface area contributed by atoms with E-state index in [9.17, 15) is 4.79 Å². The van der Waals surface area contributed by atoms with E-state index in [2.05, 4.69) is 4.98 Å². The molecular formula is C11H12N2O2. The van der Waals surface area contributed by atoms with Gasteiger partial charge in [0.2, 0.25) is 0 Å². The molecule has 0 saturated carbocycles. The molecule has 0 N–H and O–H groups in total. The first-order valence-electron chi connectivity index (χ1n) is 4.69. The van der Waals surface area contributed by atoms with Gasteiger partial charge in [0.05, 0.1) is 24.3 Å². The van der Waals surface area contributed by atoms with Crippen LogP contribution in [0.1, 0.15) is 23.7 Å². The molecule has 78 valence electrons. The van der Waals surface area contributed by atoms with Crippen molar-refractivity contribution in [3.05, 3.63) is 29.1 Å². The van der Waals surface area contributed by atoms with Crippen molar-refractivity contribution in [2.45, 2.75) is 20.3 Å². The summed E-state index contributed by atoms with van der Waals surface area (Å²) in [5.41, 5.74) is 1.77. The lowest BCUT2D eigenvalue weighted by atomic mass is 10.1. The molecule has 0 fully saturated rings. The van der Waals surface area contributed by atoms with Crippen LogP contribution in [0.5, 0.6) is 0 Å². The van der Waals surface area contributed by atoms with Crippen LogP contribution in [0.2, 0.25) is 0 Å². The SMILES string of the molecule is CCOC(=O)Cc1nccc(C)c1C#N. The number of aryl methyl sites for hydroxylation is 1. The van der Waals surface area contributed by atoms with Crippen molar-refractivity contribution in [1.29, 1.82) is 5.26 Å². The number of ether oxygens (including phenoxy) is 1. The van der Waals surface area contributed by atoms with Crippen molar-refractivity contribution >= 4 is 5.97 Å². The lowest BCUT2D eigenvalue weighted by molar-refractivity contribution is -0.142. The summed E-state index contributed by atoms with van der Waals surface area (Å²) >= 11 is 0. The van der Waals surface area contributed by atoms with Crippen LogP contribution in [0, 0.1) is 18.3 Å². The summed E-state index contributed by atoms with van der Waals surface area (Å²) in [6.45, 7) is 3.90. The maximum Gasteiger partial charge on any atom is 0.311 e. The molecular weight excluding hydrogens is 192 g/mol. The summed E-state index contributed by atoms with van der Waals surface area (Å²) in [5, 5.41) is 8.90. The van der Waals surface area contributed by atoms with Gasteiger partial charge in [-0.15, -0.1) is 0 Å². The number of carbonyl (C=O) groups is 1.